The molecule has 0 aliphatic rings. The van der Waals surface area contributed by atoms with Crippen molar-refractivity contribution in [3.8, 4) is 11.8 Å². The van der Waals surface area contributed by atoms with Gasteiger partial charge in [-0.1, -0.05) is 21.1 Å². The Kier molecular flexibility index (Phi) is 4.56. The van der Waals surface area contributed by atoms with Crippen LogP contribution in [0.3, 0.4) is 0 Å². The first-order valence-corrected chi connectivity index (χ1v) is 7.04. The van der Waals surface area contributed by atoms with E-state index >= 15 is 0 Å². The molecular formula is C12H10Br2N4O2. The minimum atomic E-state index is -0.102. The monoisotopic (exact) mass is 400 g/mol. The van der Waals surface area contributed by atoms with Crippen molar-refractivity contribution in [1.82, 2.24) is 9.97 Å². The third kappa shape index (κ3) is 3.45. The first kappa shape index (κ1) is 14.7. The number of rotatable bonds is 3. The highest BCUT2D eigenvalue weighted by Gasteiger charge is 2.10. The minimum Gasteiger partial charge on any atom is -0.423 e. The van der Waals surface area contributed by atoms with Gasteiger partial charge in [0.2, 0.25) is 0 Å². The number of nitrogens with two attached hydrogens (primary N) is 1. The molecule has 8 heteroatoms. The smallest absolute Gasteiger partial charge is 0.322 e. The molecule has 0 radical (unpaired) electrons. The van der Waals surface area contributed by atoms with Crippen LogP contribution in [-0.4, -0.2) is 21.0 Å². The van der Waals surface area contributed by atoms with Crippen molar-refractivity contribution in [2.24, 2.45) is 10.9 Å². The predicted octanol–water partition coefficient (Wildman–Crippen LogP) is 3.20. The maximum absolute atomic E-state index is 8.68. The van der Waals surface area contributed by atoms with Gasteiger partial charge in [0.05, 0.1) is 4.47 Å². The summed E-state index contributed by atoms with van der Waals surface area (Å²) in [5.41, 5.74) is 6.45. The van der Waals surface area contributed by atoms with Crippen molar-refractivity contribution in [3.05, 3.63) is 44.6 Å². The summed E-state index contributed by atoms with van der Waals surface area (Å²) < 4.78 is 7.27. The lowest BCUT2D eigenvalue weighted by Gasteiger charge is -2.08. The van der Waals surface area contributed by atoms with E-state index in [-0.39, 0.29) is 11.8 Å². The Morgan fingerprint density at radius 1 is 1.30 bits per heavy atom. The second-order valence-corrected chi connectivity index (χ2v) is 5.61. The molecule has 0 bridgehead atoms. The Hall–Kier alpha value is -1.67. The highest BCUT2D eigenvalue weighted by molar-refractivity contribution is 9.11. The maximum Gasteiger partial charge on any atom is 0.322 e. The Labute approximate surface area is 131 Å². The van der Waals surface area contributed by atoms with Gasteiger partial charge in [0, 0.05) is 10.2 Å². The van der Waals surface area contributed by atoms with Crippen molar-refractivity contribution >= 4 is 37.7 Å². The fourth-order valence-electron chi connectivity index (χ4n) is 1.43. The lowest BCUT2D eigenvalue weighted by Crippen LogP contribution is -2.16. The Bertz CT molecular complexity index is 677. The molecule has 6 nitrogen and oxygen atoms in total. The van der Waals surface area contributed by atoms with Gasteiger partial charge in [-0.2, -0.15) is 4.98 Å². The molecule has 0 saturated heterocycles. The van der Waals surface area contributed by atoms with Gasteiger partial charge in [-0.25, -0.2) is 4.98 Å². The molecule has 1 heterocycles. The maximum atomic E-state index is 8.68. The highest BCUT2D eigenvalue weighted by Crippen LogP contribution is 2.30. The molecule has 20 heavy (non-hydrogen) atoms. The van der Waals surface area contributed by atoms with Crippen LogP contribution in [0.15, 0.2) is 38.4 Å². The van der Waals surface area contributed by atoms with Crippen LogP contribution in [0, 0.1) is 6.92 Å². The molecule has 0 aliphatic heterocycles. The van der Waals surface area contributed by atoms with Gasteiger partial charge in [-0.3, -0.25) is 0 Å². The molecule has 0 amide bonds. The molecule has 0 fully saturated rings. The van der Waals surface area contributed by atoms with Gasteiger partial charge >= 0.3 is 6.01 Å². The quantitative estimate of drug-likeness (QED) is 0.356. The lowest BCUT2D eigenvalue weighted by molar-refractivity contribution is 0.318. The molecule has 1 aromatic carbocycles. The first-order valence-electron chi connectivity index (χ1n) is 5.46. The number of nitrogens with zero attached hydrogens (tertiary/aromatic N) is 3. The zero-order chi connectivity index (χ0) is 14.7. The minimum absolute atomic E-state index is 0.102. The number of ether oxygens (including phenoxy) is 1. The second-order valence-electron chi connectivity index (χ2n) is 3.84. The highest BCUT2D eigenvalue weighted by atomic mass is 79.9. The molecule has 2 rings (SSSR count). The number of oxime groups is 1. The molecule has 0 spiro atoms. The normalized spacial score (nSPS) is 11.4. The van der Waals surface area contributed by atoms with Gasteiger partial charge in [-0.15, -0.1) is 0 Å². The first-order chi connectivity index (χ1) is 9.49. The van der Waals surface area contributed by atoms with Crippen LogP contribution >= 0.6 is 31.9 Å². The van der Waals surface area contributed by atoms with Gasteiger partial charge in [0.15, 0.2) is 5.84 Å². The summed E-state index contributed by atoms with van der Waals surface area (Å²) in [7, 11) is 0. The van der Waals surface area contributed by atoms with Gasteiger partial charge in [-0.05, 0) is 47.1 Å². The Balaban J connectivity index is 2.36. The van der Waals surface area contributed by atoms with Crippen LogP contribution in [0.2, 0.25) is 0 Å². The van der Waals surface area contributed by atoms with Gasteiger partial charge in [0.1, 0.15) is 11.4 Å². The average molecular weight is 402 g/mol. The van der Waals surface area contributed by atoms with Crippen LogP contribution in [0.4, 0.5) is 0 Å². The SMILES string of the molecule is Cc1cc(/C(N)=N/O)nc(Oc2ccc(Br)cc2Br)n1. The van der Waals surface area contributed by atoms with E-state index < -0.39 is 0 Å². The molecule has 1 aromatic heterocycles. The molecule has 0 atom stereocenters. The molecule has 3 N–H and O–H groups in total. The van der Waals surface area contributed by atoms with E-state index in [9.17, 15) is 0 Å². The Morgan fingerprint density at radius 2 is 2.05 bits per heavy atom. The largest absolute Gasteiger partial charge is 0.423 e. The van der Waals surface area contributed by atoms with E-state index in [2.05, 4.69) is 47.0 Å². The molecule has 2 aromatic rings. The van der Waals surface area contributed by atoms with Crippen molar-refractivity contribution in [2.75, 3.05) is 0 Å². The summed E-state index contributed by atoms with van der Waals surface area (Å²) in [6.45, 7) is 1.76. The van der Waals surface area contributed by atoms with Crippen LogP contribution in [0.5, 0.6) is 11.8 Å². The molecule has 0 saturated carbocycles. The number of hydrogen-bond donors (Lipinski definition) is 2. The number of aromatic nitrogens is 2. The van der Waals surface area contributed by atoms with Gasteiger partial charge in [0.25, 0.3) is 0 Å². The zero-order valence-electron chi connectivity index (χ0n) is 10.3. The number of aryl methyl sites for hydroxylation is 1. The van der Waals surface area contributed by atoms with E-state index in [4.69, 9.17) is 15.7 Å². The fourth-order valence-corrected chi connectivity index (χ4v) is 2.55. The second kappa shape index (κ2) is 6.19. The Morgan fingerprint density at radius 3 is 2.70 bits per heavy atom. The number of amidine groups is 1. The van der Waals surface area contributed by atoms with Gasteiger partial charge < -0.3 is 15.7 Å². The number of benzene rings is 1. The third-order valence-corrected chi connectivity index (χ3v) is 3.41. The number of hydrogen-bond acceptors (Lipinski definition) is 5. The van der Waals surface area contributed by atoms with Crippen molar-refractivity contribution < 1.29 is 9.94 Å². The summed E-state index contributed by atoms with van der Waals surface area (Å²) in [4.78, 5) is 8.23. The van der Waals surface area contributed by atoms with E-state index in [1.165, 1.54) is 0 Å². The molecule has 0 aliphatic carbocycles. The fraction of sp³-hybridized carbons (Fsp3) is 0.0833. The summed E-state index contributed by atoms with van der Waals surface area (Å²) in [6.07, 6.45) is 0. The molecule has 0 unspecified atom stereocenters. The molecular weight excluding hydrogens is 392 g/mol. The van der Waals surface area contributed by atoms with E-state index in [0.717, 1.165) is 8.95 Å². The lowest BCUT2D eigenvalue weighted by atomic mass is 10.3. The number of halogens is 2. The van der Waals surface area contributed by atoms with Crippen molar-refractivity contribution in [1.29, 1.82) is 0 Å². The van der Waals surface area contributed by atoms with E-state index in [1.54, 1.807) is 19.1 Å². The van der Waals surface area contributed by atoms with E-state index in [1.807, 2.05) is 12.1 Å². The van der Waals surface area contributed by atoms with Crippen molar-refractivity contribution in [2.45, 2.75) is 6.92 Å². The summed E-state index contributed by atoms with van der Waals surface area (Å²) >= 11 is 6.74. The van der Waals surface area contributed by atoms with Crippen LogP contribution in [0.1, 0.15) is 11.4 Å². The van der Waals surface area contributed by atoms with Crippen LogP contribution in [0.25, 0.3) is 0 Å². The van der Waals surface area contributed by atoms with Crippen LogP contribution in [-0.2, 0) is 0 Å². The standard InChI is InChI=1S/C12H10Br2N4O2/c1-6-4-9(11(15)18-19)17-12(16-6)20-10-3-2-7(13)5-8(10)14/h2-5,19H,1H3,(H2,15,18). The summed E-state index contributed by atoms with van der Waals surface area (Å²) in [5.74, 6) is 0.458. The third-order valence-electron chi connectivity index (χ3n) is 2.30. The molecule has 104 valence electrons. The average Bonchev–Trinajstić information content (AvgIpc) is 2.40. The zero-order valence-corrected chi connectivity index (χ0v) is 13.5. The predicted molar refractivity (Wildman–Crippen MR) is 81.2 cm³/mol. The summed E-state index contributed by atoms with van der Waals surface area (Å²) in [6, 6.07) is 7.16. The topological polar surface area (TPSA) is 93.6 Å². The van der Waals surface area contributed by atoms with Crippen molar-refractivity contribution in [3.63, 3.8) is 0 Å². The van der Waals surface area contributed by atoms with Crippen LogP contribution < -0.4 is 10.5 Å². The summed E-state index contributed by atoms with van der Waals surface area (Å²) in [5, 5.41) is 11.6. The van der Waals surface area contributed by atoms with E-state index in [0.29, 0.717) is 17.1 Å².